The molecule has 10 nitrogen and oxygen atoms in total. The van der Waals surface area contributed by atoms with Crippen LogP contribution in [0, 0.1) is 17.8 Å². The molecule has 0 radical (unpaired) electrons. The predicted octanol–water partition coefficient (Wildman–Crippen LogP) is -0.937. The number of piperidine rings is 1. The fourth-order valence-corrected chi connectivity index (χ4v) is 3.86. The normalized spacial score (nSPS) is 20.6. The highest BCUT2D eigenvalue weighted by atomic mass is 16.3. The molecular formula is C24H37N5O5. The first-order valence-corrected chi connectivity index (χ1v) is 11.7. The van der Waals surface area contributed by atoms with E-state index in [0.717, 1.165) is 5.56 Å². The minimum absolute atomic E-state index is 0.0878. The minimum Gasteiger partial charge on any atom is -0.391 e. The average Bonchev–Trinajstić information content (AvgIpc) is 2.83. The number of nitrogens with one attached hydrogen (secondary N) is 4. The van der Waals surface area contributed by atoms with E-state index in [9.17, 15) is 24.3 Å². The largest absolute Gasteiger partial charge is 0.391 e. The molecule has 0 aromatic heterocycles. The van der Waals surface area contributed by atoms with Gasteiger partial charge in [0.05, 0.1) is 24.0 Å². The monoisotopic (exact) mass is 475 g/mol. The van der Waals surface area contributed by atoms with Gasteiger partial charge in [-0.25, -0.2) is 0 Å². The molecule has 1 aromatic rings. The topological polar surface area (TPSA) is 163 Å². The number of carbonyl (C=O) groups excluding carboxylic acids is 4. The first-order chi connectivity index (χ1) is 16.1. The van der Waals surface area contributed by atoms with Crippen molar-refractivity contribution in [2.45, 2.75) is 51.9 Å². The molecule has 10 heteroatoms. The van der Waals surface area contributed by atoms with Crippen LogP contribution in [-0.4, -0.2) is 66.4 Å². The van der Waals surface area contributed by atoms with Crippen LogP contribution in [0.25, 0.3) is 0 Å². The molecule has 0 aliphatic carbocycles. The van der Waals surface area contributed by atoms with E-state index < -0.39 is 41.8 Å². The molecule has 1 saturated heterocycles. The van der Waals surface area contributed by atoms with Crippen LogP contribution in [0.3, 0.4) is 0 Å². The number of hydrogen-bond acceptors (Lipinski definition) is 7. The van der Waals surface area contributed by atoms with Crippen molar-refractivity contribution in [2.24, 2.45) is 23.5 Å². The van der Waals surface area contributed by atoms with Gasteiger partial charge in [-0.05, 0) is 18.9 Å². The summed E-state index contributed by atoms with van der Waals surface area (Å²) in [6.07, 6.45) is -0.886. The van der Waals surface area contributed by atoms with E-state index in [4.69, 9.17) is 5.73 Å². The molecule has 0 spiro atoms. The van der Waals surface area contributed by atoms with Gasteiger partial charge in [-0.15, -0.1) is 0 Å². The number of carbonyl (C=O) groups is 4. The minimum atomic E-state index is -1.26. The zero-order valence-electron chi connectivity index (χ0n) is 20.0. The molecule has 34 heavy (non-hydrogen) atoms. The van der Waals surface area contributed by atoms with Crippen LogP contribution in [-0.2, 0) is 25.7 Å². The van der Waals surface area contributed by atoms with Gasteiger partial charge < -0.3 is 32.1 Å². The smallest absolute Gasteiger partial charge is 0.245 e. The lowest BCUT2D eigenvalue weighted by atomic mass is 9.89. The van der Waals surface area contributed by atoms with Gasteiger partial charge in [0.25, 0.3) is 0 Å². The number of nitrogens with two attached hydrogens (primary N) is 1. The molecule has 5 atom stereocenters. The Morgan fingerprint density at radius 3 is 2.21 bits per heavy atom. The highest BCUT2D eigenvalue weighted by molar-refractivity contribution is 5.94. The summed E-state index contributed by atoms with van der Waals surface area (Å²) < 4.78 is 0. The molecule has 1 fully saturated rings. The van der Waals surface area contributed by atoms with Crippen molar-refractivity contribution >= 4 is 23.5 Å². The summed E-state index contributed by atoms with van der Waals surface area (Å²) in [7, 11) is 0. The molecule has 3 amide bonds. The van der Waals surface area contributed by atoms with E-state index in [0.29, 0.717) is 26.1 Å². The summed E-state index contributed by atoms with van der Waals surface area (Å²) in [4.78, 5) is 50.5. The third-order valence-corrected chi connectivity index (χ3v) is 5.93. The molecule has 2 rings (SSSR count). The number of amides is 3. The Morgan fingerprint density at radius 2 is 1.65 bits per heavy atom. The van der Waals surface area contributed by atoms with Gasteiger partial charge in [0.1, 0.15) is 6.04 Å². The second-order valence-electron chi connectivity index (χ2n) is 9.07. The van der Waals surface area contributed by atoms with Gasteiger partial charge >= 0.3 is 0 Å². The lowest BCUT2D eigenvalue weighted by molar-refractivity contribution is -0.136. The molecule has 1 aliphatic rings. The van der Waals surface area contributed by atoms with Crippen molar-refractivity contribution in [3.63, 3.8) is 0 Å². The number of rotatable bonds is 11. The number of ketones is 1. The van der Waals surface area contributed by atoms with Gasteiger partial charge in [0.15, 0.2) is 5.78 Å². The lowest BCUT2D eigenvalue weighted by Gasteiger charge is -2.30. The third-order valence-electron chi connectivity index (χ3n) is 5.93. The Kier molecular flexibility index (Phi) is 10.6. The van der Waals surface area contributed by atoms with Gasteiger partial charge in [0.2, 0.25) is 17.7 Å². The van der Waals surface area contributed by atoms with E-state index >= 15 is 0 Å². The van der Waals surface area contributed by atoms with Crippen molar-refractivity contribution < 1.29 is 24.3 Å². The molecule has 2 unspecified atom stereocenters. The molecule has 1 heterocycles. The van der Waals surface area contributed by atoms with Gasteiger partial charge in [-0.1, -0.05) is 44.2 Å². The van der Waals surface area contributed by atoms with E-state index in [1.54, 1.807) is 13.8 Å². The zero-order valence-corrected chi connectivity index (χ0v) is 20.0. The Bertz CT molecular complexity index is 845. The number of aliphatic hydroxyl groups excluding tert-OH is 1. The van der Waals surface area contributed by atoms with Crippen molar-refractivity contribution in [1.29, 1.82) is 0 Å². The predicted molar refractivity (Wildman–Crippen MR) is 127 cm³/mol. The quantitative estimate of drug-likeness (QED) is 0.241. The van der Waals surface area contributed by atoms with Crippen LogP contribution >= 0.6 is 0 Å². The van der Waals surface area contributed by atoms with Crippen LogP contribution in [0.2, 0.25) is 0 Å². The average molecular weight is 476 g/mol. The Balaban J connectivity index is 1.95. The SMILES string of the molecule is CC(C)C(=O)[C@H](CN)NC(=O)[C@@H](NC(=O)C1CNCC(C(=O)NCc2ccccc2)C1)[C@H](C)O. The number of Topliss-reactive ketones (excluding diaryl/α,β-unsaturated/α-hetero) is 1. The molecule has 188 valence electrons. The van der Waals surface area contributed by atoms with Crippen LogP contribution in [0.15, 0.2) is 30.3 Å². The Morgan fingerprint density at radius 1 is 1.03 bits per heavy atom. The van der Waals surface area contributed by atoms with E-state index in [2.05, 4.69) is 21.3 Å². The second kappa shape index (κ2) is 13.2. The maximum Gasteiger partial charge on any atom is 0.245 e. The fourth-order valence-electron chi connectivity index (χ4n) is 3.86. The second-order valence-corrected chi connectivity index (χ2v) is 9.07. The third kappa shape index (κ3) is 7.89. The Hall–Kier alpha value is -2.82. The van der Waals surface area contributed by atoms with Gasteiger partial charge in [-0.2, -0.15) is 0 Å². The summed E-state index contributed by atoms with van der Waals surface area (Å²) in [5.41, 5.74) is 6.61. The van der Waals surface area contributed by atoms with Crippen LogP contribution in [0.1, 0.15) is 32.8 Å². The zero-order chi connectivity index (χ0) is 25.3. The van der Waals surface area contributed by atoms with E-state index in [1.807, 2.05) is 30.3 Å². The summed E-state index contributed by atoms with van der Waals surface area (Å²) in [6, 6.07) is 7.37. The van der Waals surface area contributed by atoms with Crippen molar-refractivity contribution in [3.05, 3.63) is 35.9 Å². The standard InChI is InChI=1S/C24H37N5O5/c1-14(2)21(31)19(10-25)28-24(34)20(15(3)30)29-23(33)18-9-17(12-26-13-18)22(32)27-11-16-7-5-4-6-8-16/h4-8,14-15,17-20,26,30H,9-13,25H2,1-3H3,(H,27,32)(H,28,34)(H,29,33)/t15-,17?,18?,19-,20-/m0/s1. The van der Waals surface area contributed by atoms with E-state index in [-0.39, 0.29) is 24.2 Å². The molecule has 7 N–H and O–H groups in total. The molecule has 0 saturated carbocycles. The van der Waals surface area contributed by atoms with Gasteiger partial charge in [0, 0.05) is 32.1 Å². The van der Waals surface area contributed by atoms with Crippen molar-refractivity contribution in [2.75, 3.05) is 19.6 Å². The first kappa shape index (κ1) is 27.4. The van der Waals surface area contributed by atoms with Crippen molar-refractivity contribution in [1.82, 2.24) is 21.3 Å². The fraction of sp³-hybridized carbons (Fsp3) is 0.583. The summed E-state index contributed by atoms with van der Waals surface area (Å²) in [5, 5.41) is 21.2. The molecule has 1 aromatic carbocycles. The summed E-state index contributed by atoms with van der Waals surface area (Å²) in [6.45, 7) is 5.89. The number of benzene rings is 1. The summed E-state index contributed by atoms with van der Waals surface area (Å²) >= 11 is 0. The van der Waals surface area contributed by atoms with E-state index in [1.165, 1.54) is 6.92 Å². The first-order valence-electron chi connectivity index (χ1n) is 11.7. The van der Waals surface area contributed by atoms with Gasteiger partial charge in [-0.3, -0.25) is 19.2 Å². The van der Waals surface area contributed by atoms with Crippen LogP contribution in [0.5, 0.6) is 0 Å². The molecular weight excluding hydrogens is 438 g/mol. The van der Waals surface area contributed by atoms with Crippen LogP contribution < -0.4 is 27.0 Å². The maximum atomic E-state index is 12.9. The Labute approximate surface area is 200 Å². The molecule has 1 aliphatic heterocycles. The number of hydrogen-bond donors (Lipinski definition) is 6. The number of aliphatic hydroxyl groups is 1. The highest BCUT2D eigenvalue weighted by Gasteiger charge is 2.35. The summed E-state index contributed by atoms with van der Waals surface area (Å²) in [5.74, 6) is -2.81. The van der Waals surface area contributed by atoms with Crippen LogP contribution in [0.4, 0.5) is 0 Å². The highest BCUT2D eigenvalue weighted by Crippen LogP contribution is 2.18. The maximum absolute atomic E-state index is 12.9. The molecule has 0 bridgehead atoms. The van der Waals surface area contributed by atoms with Crippen molar-refractivity contribution in [3.8, 4) is 0 Å². The lowest BCUT2D eigenvalue weighted by Crippen LogP contribution is -2.59.